The zero-order valence-corrected chi connectivity index (χ0v) is 7.36. The van der Waals surface area contributed by atoms with Crippen molar-refractivity contribution in [2.45, 2.75) is 5.92 Å². The Kier molecular flexibility index (Phi) is 1.89. The molecule has 1 atom stereocenters. The number of carbonyl (C=O) groups is 1. The molecule has 0 heterocycles. The standard InChI is InChI=1S/C11H10O2/c1-13-11-6-8(7-12)9-4-2-3-5-10(9)11/h2-8H,1H3. The molecule has 0 N–H and O–H groups in total. The van der Waals surface area contributed by atoms with E-state index in [0.29, 0.717) is 0 Å². The van der Waals surface area contributed by atoms with Crippen molar-refractivity contribution in [1.82, 2.24) is 0 Å². The number of methoxy groups -OCH3 is 1. The number of allylic oxidation sites excluding steroid dienone is 1. The highest BCUT2D eigenvalue weighted by Crippen LogP contribution is 2.34. The fraction of sp³-hybridized carbons (Fsp3) is 0.182. The Morgan fingerprint density at radius 3 is 2.85 bits per heavy atom. The molecule has 0 fully saturated rings. The van der Waals surface area contributed by atoms with Crippen molar-refractivity contribution < 1.29 is 9.53 Å². The first kappa shape index (κ1) is 8.05. The molecule has 0 aromatic heterocycles. The largest absolute Gasteiger partial charge is 0.496 e. The van der Waals surface area contributed by atoms with E-state index in [4.69, 9.17) is 4.74 Å². The summed E-state index contributed by atoms with van der Waals surface area (Å²) in [6.07, 6.45) is 2.78. The summed E-state index contributed by atoms with van der Waals surface area (Å²) in [6, 6.07) is 7.80. The minimum atomic E-state index is -0.133. The molecule has 1 aliphatic rings. The number of benzene rings is 1. The van der Waals surface area contributed by atoms with Gasteiger partial charge in [0.25, 0.3) is 0 Å². The van der Waals surface area contributed by atoms with Gasteiger partial charge in [0, 0.05) is 5.56 Å². The van der Waals surface area contributed by atoms with E-state index in [-0.39, 0.29) is 5.92 Å². The molecule has 2 heteroatoms. The monoisotopic (exact) mass is 174 g/mol. The molecular weight excluding hydrogens is 164 g/mol. The van der Waals surface area contributed by atoms with E-state index in [2.05, 4.69) is 0 Å². The van der Waals surface area contributed by atoms with Crippen LogP contribution in [0.3, 0.4) is 0 Å². The Morgan fingerprint density at radius 1 is 1.38 bits per heavy atom. The molecule has 2 nitrogen and oxygen atoms in total. The van der Waals surface area contributed by atoms with E-state index in [1.807, 2.05) is 30.3 Å². The summed E-state index contributed by atoms with van der Waals surface area (Å²) in [5, 5.41) is 0. The lowest BCUT2D eigenvalue weighted by molar-refractivity contribution is -0.108. The number of hydrogen-bond acceptors (Lipinski definition) is 2. The molecule has 0 saturated carbocycles. The Morgan fingerprint density at radius 2 is 2.15 bits per heavy atom. The zero-order chi connectivity index (χ0) is 9.26. The molecule has 0 bridgehead atoms. The smallest absolute Gasteiger partial charge is 0.131 e. The van der Waals surface area contributed by atoms with Gasteiger partial charge < -0.3 is 9.53 Å². The first-order chi connectivity index (χ1) is 6.36. The molecule has 1 aliphatic carbocycles. The van der Waals surface area contributed by atoms with E-state index in [1.165, 1.54) is 0 Å². The Balaban J connectivity index is 2.53. The summed E-state index contributed by atoms with van der Waals surface area (Å²) < 4.78 is 5.17. The number of aldehydes is 1. The maximum atomic E-state index is 10.7. The van der Waals surface area contributed by atoms with Gasteiger partial charge in [-0.25, -0.2) is 0 Å². The van der Waals surface area contributed by atoms with E-state index >= 15 is 0 Å². The van der Waals surface area contributed by atoms with Gasteiger partial charge >= 0.3 is 0 Å². The van der Waals surface area contributed by atoms with Crippen LogP contribution in [-0.4, -0.2) is 13.4 Å². The second kappa shape index (κ2) is 3.05. The van der Waals surface area contributed by atoms with Crippen LogP contribution in [0.1, 0.15) is 17.0 Å². The molecule has 0 aliphatic heterocycles. The Bertz CT molecular complexity index is 366. The fourth-order valence-electron chi connectivity index (χ4n) is 1.65. The third-order valence-corrected chi connectivity index (χ3v) is 2.28. The van der Waals surface area contributed by atoms with E-state index < -0.39 is 0 Å². The zero-order valence-electron chi connectivity index (χ0n) is 7.36. The minimum Gasteiger partial charge on any atom is -0.496 e. The molecule has 1 unspecified atom stereocenters. The van der Waals surface area contributed by atoms with Gasteiger partial charge in [-0.05, 0) is 11.6 Å². The predicted octanol–water partition coefficient (Wildman–Crippen LogP) is 1.97. The van der Waals surface area contributed by atoms with Crippen LogP contribution >= 0.6 is 0 Å². The summed E-state index contributed by atoms with van der Waals surface area (Å²) in [5.41, 5.74) is 2.07. The lowest BCUT2D eigenvalue weighted by atomic mass is 10.0. The second-order valence-electron chi connectivity index (χ2n) is 2.98. The summed E-state index contributed by atoms with van der Waals surface area (Å²) in [4.78, 5) is 10.7. The minimum absolute atomic E-state index is 0.133. The lowest BCUT2D eigenvalue weighted by Gasteiger charge is -2.03. The quantitative estimate of drug-likeness (QED) is 0.641. The summed E-state index contributed by atoms with van der Waals surface area (Å²) in [6.45, 7) is 0. The number of ether oxygens (including phenoxy) is 1. The van der Waals surface area contributed by atoms with Gasteiger partial charge in [0.15, 0.2) is 0 Å². The molecule has 0 radical (unpaired) electrons. The van der Waals surface area contributed by atoms with Gasteiger partial charge in [0.2, 0.25) is 0 Å². The molecule has 0 amide bonds. The van der Waals surface area contributed by atoms with E-state index in [0.717, 1.165) is 23.2 Å². The van der Waals surface area contributed by atoms with Gasteiger partial charge in [-0.2, -0.15) is 0 Å². The van der Waals surface area contributed by atoms with Crippen molar-refractivity contribution in [3.63, 3.8) is 0 Å². The number of carbonyl (C=O) groups excluding carboxylic acids is 1. The third-order valence-electron chi connectivity index (χ3n) is 2.28. The van der Waals surface area contributed by atoms with Gasteiger partial charge in [0.05, 0.1) is 13.0 Å². The highest BCUT2D eigenvalue weighted by Gasteiger charge is 2.22. The number of hydrogen-bond donors (Lipinski definition) is 0. The Labute approximate surface area is 76.8 Å². The summed E-state index contributed by atoms with van der Waals surface area (Å²) in [5.74, 6) is 0.666. The normalized spacial score (nSPS) is 19.2. The highest BCUT2D eigenvalue weighted by molar-refractivity contribution is 5.80. The fourth-order valence-corrected chi connectivity index (χ4v) is 1.65. The van der Waals surface area contributed by atoms with Crippen molar-refractivity contribution in [2.75, 3.05) is 7.11 Å². The average molecular weight is 174 g/mol. The maximum Gasteiger partial charge on any atom is 0.131 e. The number of rotatable bonds is 2. The van der Waals surface area contributed by atoms with E-state index in [9.17, 15) is 4.79 Å². The van der Waals surface area contributed by atoms with Gasteiger partial charge in [-0.1, -0.05) is 24.3 Å². The summed E-state index contributed by atoms with van der Waals surface area (Å²) in [7, 11) is 1.62. The van der Waals surface area contributed by atoms with Crippen LogP contribution in [0.5, 0.6) is 0 Å². The highest BCUT2D eigenvalue weighted by atomic mass is 16.5. The molecule has 1 aromatic carbocycles. The van der Waals surface area contributed by atoms with Gasteiger partial charge in [0.1, 0.15) is 12.0 Å². The first-order valence-corrected chi connectivity index (χ1v) is 4.17. The Hall–Kier alpha value is -1.57. The predicted molar refractivity (Wildman–Crippen MR) is 50.2 cm³/mol. The van der Waals surface area contributed by atoms with Crippen molar-refractivity contribution in [1.29, 1.82) is 0 Å². The van der Waals surface area contributed by atoms with Crippen molar-refractivity contribution in [2.24, 2.45) is 0 Å². The topological polar surface area (TPSA) is 26.3 Å². The molecule has 0 saturated heterocycles. The summed E-state index contributed by atoms with van der Waals surface area (Å²) >= 11 is 0. The maximum absolute atomic E-state index is 10.7. The number of fused-ring (bicyclic) bond motifs is 1. The first-order valence-electron chi connectivity index (χ1n) is 4.17. The molecule has 66 valence electrons. The van der Waals surface area contributed by atoms with Crippen LogP contribution in [0, 0.1) is 0 Å². The second-order valence-corrected chi connectivity index (χ2v) is 2.98. The molecule has 0 spiro atoms. The molecule has 2 rings (SSSR count). The van der Waals surface area contributed by atoms with Crippen LogP contribution in [0.15, 0.2) is 30.3 Å². The van der Waals surface area contributed by atoms with Crippen LogP contribution < -0.4 is 0 Å². The van der Waals surface area contributed by atoms with E-state index in [1.54, 1.807) is 7.11 Å². The van der Waals surface area contributed by atoms with Crippen LogP contribution in [0.4, 0.5) is 0 Å². The third kappa shape index (κ3) is 1.15. The molecular formula is C11H10O2. The lowest BCUT2D eigenvalue weighted by Crippen LogP contribution is -1.92. The van der Waals surface area contributed by atoms with Crippen molar-refractivity contribution >= 4 is 12.0 Å². The van der Waals surface area contributed by atoms with Crippen molar-refractivity contribution in [3.05, 3.63) is 41.5 Å². The van der Waals surface area contributed by atoms with Gasteiger partial charge in [-0.15, -0.1) is 0 Å². The van der Waals surface area contributed by atoms with Gasteiger partial charge in [-0.3, -0.25) is 0 Å². The average Bonchev–Trinajstić information content (AvgIpc) is 2.56. The van der Waals surface area contributed by atoms with Crippen LogP contribution in [-0.2, 0) is 9.53 Å². The molecule has 1 aromatic rings. The van der Waals surface area contributed by atoms with Crippen LogP contribution in [0.2, 0.25) is 0 Å². The van der Waals surface area contributed by atoms with Crippen molar-refractivity contribution in [3.8, 4) is 0 Å². The molecule has 13 heavy (non-hydrogen) atoms. The van der Waals surface area contributed by atoms with Crippen LogP contribution in [0.25, 0.3) is 5.76 Å². The SMILES string of the molecule is COC1=CC(C=O)c2ccccc21.